The molecule has 7 rings (SSSR count). The molecule has 0 spiro atoms. The van der Waals surface area contributed by atoms with Crippen molar-refractivity contribution in [3.05, 3.63) is 67.0 Å². The number of benzene rings is 1. The number of fused-ring (bicyclic) bond motifs is 2. The van der Waals surface area contributed by atoms with Gasteiger partial charge < -0.3 is 25.0 Å². The van der Waals surface area contributed by atoms with Crippen molar-refractivity contribution in [3.8, 4) is 39.5 Å². The molecule has 1 aliphatic rings. The summed E-state index contributed by atoms with van der Waals surface area (Å²) in [7, 11) is 3.92. The zero-order valence-corrected chi connectivity index (χ0v) is 25.8. The summed E-state index contributed by atoms with van der Waals surface area (Å²) in [6.07, 6.45) is 11.9. The fraction of sp³-hybridized carbons (Fsp3) is 0.324. The molecule has 5 aromatic heterocycles. The number of imidazole rings is 1. The molecule has 11 nitrogen and oxygen atoms in total. The fourth-order valence-electron chi connectivity index (χ4n) is 6.07. The highest BCUT2D eigenvalue weighted by atomic mass is 19.1. The molecule has 46 heavy (non-hydrogen) atoms. The van der Waals surface area contributed by atoms with Gasteiger partial charge in [-0.2, -0.15) is 5.10 Å². The van der Waals surface area contributed by atoms with Crippen LogP contribution in [0.2, 0.25) is 0 Å². The van der Waals surface area contributed by atoms with Crippen LogP contribution in [-0.4, -0.2) is 78.6 Å². The van der Waals surface area contributed by atoms with Crippen molar-refractivity contribution in [3.63, 3.8) is 0 Å². The van der Waals surface area contributed by atoms with Gasteiger partial charge in [-0.25, -0.2) is 19.3 Å². The molecule has 0 aliphatic heterocycles. The third kappa shape index (κ3) is 6.26. The van der Waals surface area contributed by atoms with E-state index in [0.717, 1.165) is 53.4 Å². The summed E-state index contributed by atoms with van der Waals surface area (Å²) in [5.74, 6) is 0.834. The molecule has 4 N–H and O–H groups in total. The number of hydrogen-bond acceptors (Lipinski definition) is 9. The molecular weight excluding hydrogens is 585 g/mol. The number of pyridine rings is 3. The van der Waals surface area contributed by atoms with Crippen LogP contribution in [0.1, 0.15) is 32.1 Å². The number of aromatic amines is 2. The minimum atomic E-state index is -0.611. The van der Waals surface area contributed by atoms with Gasteiger partial charge >= 0.3 is 0 Å². The number of anilines is 1. The zero-order valence-electron chi connectivity index (χ0n) is 25.8. The number of hydrogen-bond donors (Lipinski definition) is 4. The van der Waals surface area contributed by atoms with E-state index in [9.17, 15) is 9.50 Å². The largest absolute Gasteiger partial charge is 0.492 e. The van der Waals surface area contributed by atoms with Crippen molar-refractivity contribution in [2.45, 2.75) is 38.3 Å². The minimum absolute atomic E-state index is 0.243. The first-order valence-corrected chi connectivity index (χ1v) is 15.6. The van der Waals surface area contributed by atoms with Crippen LogP contribution in [0.5, 0.6) is 5.75 Å². The van der Waals surface area contributed by atoms with E-state index >= 15 is 0 Å². The normalized spacial score (nSPS) is 14.7. The summed E-state index contributed by atoms with van der Waals surface area (Å²) in [5, 5.41) is 22.3. The van der Waals surface area contributed by atoms with Gasteiger partial charge in [0.05, 0.1) is 22.8 Å². The topological polar surface area (TPSA) is 141 Å². The molecular formula is C34H36FN9O2. The second-order valence-electron chi connectivity index (χ2n) is 12.1. The van der Waals surface area contributed by atoms with Gasteiger partial charge in [0.1, 0.15) is 30.1 Å². The molecule has 1 aromatic carbocycles. The minimum Gasteiger partial charge on any atom is -0.492 e. The number of aliphatic hydroxyl groups is 1. The van der Waals surface area contributed by atoms with Crippen LogP contribution < -0.4 is 10.1 Å². The van der Waals surface area contributed by atoms with Crippen LogP contribution in [0.25, 0.3) is 56.0 Å². The van der Waals surface area contributed by atoms with Gasteiger partial charge in [-0.1, -0.05) is 19.3 Å². The van der Waals surface area contributed by atoms with E-state index in [1.54, 1.807) is 24.8 Å². The second kappa shape index (κ2) is 12.8. The fourth-order valence-corrected chi connectivity index (χ4v) is 6.07. The lowest BCUT2D eigenvalue weighted by Crippen LogP contribution is -2.30. The number of likely N-dealkylation sites (N-methyl/N-ethyl adjacent to an activating group) is 1. The molecule has 12 heteroatoms. The van der Waals surface area contributed by atoms with Crippen molar-refractivity contribution in [1.82, 2.24) is 40.0 Å². The average Bonchev–Trinajstić information content (AvgIpc) is 3.69. The molecule has 5 heterocycles. The lowest BCUT2D eigenvalue weighted by atomic mass is 9.88. The quantitative estimate of drug-likeness (QED) is 0.135. The summed E-state index contributed by atoms with van der Waals surface area (Å²) in [6.45, 7) is 1.16. The van der Waals surface area contributed by atoms with Gasteiger partial charge in [-0.15, -0.1) is 0 Å². The van der Waals surface area contributed by atoms with Crippen LogP contribution in [-0.2, 0) is 0 Å². The number of H-pyrrole nitrogens is 2. The van der Waals surface area contributed by atoms with Gasteiger partial charge in [-0.3, -0.25) is 10.1 Å². The Morgan fingerprint density at radius 3 is 2.70 bits per heavy atom. The third-order valence-electron chi connectivity index (χ3n) is 8.51. The van der Waals surface area contributed by atoms with E-state index in [2.05, 4.69) is 35.5 Å². The average molecular weight is 622 g/mol. The van der Waals surface area contributed by atoms with Crippen molar-refractivity contribution in [2.75, 3.05) is 32.6 Å². The van der Waals surface area contributed by atoms with Crippen LogP contribution in [0.15, 0.2) is 61.2 Å². The first-order valence-electron chi connectivity index (χ1n) is 15.6. The highest BCUT2D eigenvalue weighted by Gasteiger charge is 2.22. The Hall–Kier alpha value is -4.94. The maximum atomic E-state index is 14.7. The van der Waals surface area contributed by atoms with E-state index in [1.165, 1.54) is 18.6 Å². The Kier molecular flexibility index (Phi) is 8.29. The van der Waals surface area contributed by atoms with Crippen LogP contribution in [0.3, 0.4) is 0 Å². The summed E-state index contributed by atoms with van der Waals surface area (Å²) < 4.78 is 20.5. The molecule has 1 fully saturated rings. The van der Waals surface area contributed by atoms with Crippen molar-refractivity contribution in [1.29, 1.82) is 0 Å². The molecule has 1 aliphatic carbocycles. The number of ether oxygens (including phenoxy) is 1. The van der Waals surface area contributed by atoms with Crippen molar-refractivity contribution >= 4 is 27.9 Å². The smallest absolute Gasteiger partial charge is 0.181 e. The SMILES string of the molecule is CN(C)CCOc1cc(F)cc(-c2ccnc3nc(-c4[nH]nc5ncc(-c6cncc(NC(O)C7CCCCC7)c6)cc45)[nH]c23)c1. The molecule has 0 radical (unpaired) electrons. The number of halogens is 1. The van der Waals surface area contributed by atoms with Gasteiger partial charge in [0.25, 0.3) is 0 Å². The first kappa shape index (κ1) is 29.8. The monoisotopic (exact) mass is 621 g/mol. The summed E-state index contributed by atoms with van der Waals surface area (Å²) in [6, 6.07) is 10.5. The van der Waals surface area contributed by atoms with Gasteiger partial charge in [-0.05, 0) is 62.8 Å². The lowest BCUT2D eigenvalue weighted by molar-refractivity contribution is 0.109. The maximum absolute atomic E-state index is 14.7. The van der Waals surface area contributed by atoms with Gasteiger partial charge in [0.2, 0.25) is 0 Å². The predicted molar refractivity (Wildman–Crippen MR) is 176 cm³/mol. The van der Waals surface area contributed by atoms with Crippen LogP contribution in [0, 0.1) is 11.7 Å². The Morgan fingerprint density at radius 1 is 1.00 bits per heavy atom. The highest BCUT2D eigenvalue weighted by molar-refractivity contribution is 5.96. The molecule has 0 saturated heterocycles. The third-order valence-corrected chi connectivity index (χ3v) is 8.51. The molecule has 1 unspecified atom stereocenters. The number of aromatic nitrogens is 7. The molecule has 1 saturated carbocycles. The maximum Gasteiger partial charge on any atom is 0.181 e. The number of nitrogens with one attached hydrogen (secondary N) is 3. The van der Waals surface area contributed by atoms with Gasteiger partial charge in [0, 0.05) is 53.8 Å². The number of nitrogens with zero attached hydrogens (tertiary/aromatic N) is 6. The second-order valence-corrected chi connectivity index (χ2v) is 12.1. The zero-order chi connectivity index (χ0) is 31.6. The van der Waals surface area contributed by atoms with E-state index in [-0.39, 0.29) is 5.92 Å². The Balaban J connectivity index is 1.19. The van der Waals surface area contributed by atoms with E-state index in [0.29, 0.717) is 52.8 Å². The summed E-state index contributed by atoms with van der Waals surface area (Å²) in [4.78, 5) is 23.6. The Bertz CT molecular complexity index is 1980. The summed E-state index contributed by atoms with van der Waals surface area (Å²) >= 11 is 0. The van der Waals surface area contributed by atoms with E-state index in [4.69, 9.17) is 9.72 Å². The van der Waals surface area contributed by atoms with E-state index < -0.39 is 12.0 Å². The molecule has 1 atom stereocenters. The predicted octanol–water partition coefficient (Wildman–Crippen LogP) is 6.02. The summed E-state index contributed by atoms with van der Waals surface area (Å²) in [5.41, 5.74) is 6.17. The number of rotatable bonds is 10. The van der Waals surface area contributed by atoms with Crippen molar-refractivity contribution < 1.29 is 14.2 Å². The molecule has 236 valence electrons. The highest BCUT2D eigenvalue weighted by Crippen LogP contribution is 2.34. The van der Waals surface area contributed by atoms with Crippen LogP contribution >= 0.6 is 0 Å². The number of aliphatic hydroxyl groups excluding tert-OH is 1. The molecule has 0 amide bonds. The van der Waals surface area contributed by atoms with Gasteiger partial charge in [0.15, 0.2) is 17.1 Å². The molecule has 0 bridgehead atoms. The lowest BCUT2D eigenvalue weighted by Gasteiger charge is -2.27. The van der Waals surface area contributed by atoms with E-state index in [1.807, 2.05) is 43.3 Å². The molecule has 6 aromatic rings. The Labute approximate surface area is 265 Å². The van der Waals surface area contributed by atoms with Crippen molar-refractivity contribution in [2.24, 2.45) is 5.92 Å². The Morgan fingerprint density at radius 2 is 1.85 bits per heavy atom. The standard InChI is InChI=1S/C34H36FN9O2/c1-44(2)10-11-46-26-14-21(12-24(35)16-26)27-8-9-37-32-29(27)40-33(41-32)30-28-15-23(18-38-31(28)43-42-30)22-13-25(19-36-17-22)39-34(45)20-6-4-3-5-7-20/h8-9,12-20,34,39,45H,3-7,10-11H2,1-2H3,(H,37,40,41)(H,38,42,43). The first-order chi connectivity index (χ1) is 22.4. The van der Waals surface area contributed by atoms with Crippen LogP contribution in [0.4, 0.5) is 10.1 Å².